The molecule has 2 atom stereocenters. The molecular formula is C15H20N2O3S. The van der Waals surface area contributed by atoms with Crippen molar-refractivity contribution >= 4 is 29.4 Å². The van der Waals surface area contributed by atoms with Crippen LogP contribution in [-0.2, 0) is 4.79 Å². The van der Waals surface area contributed by atoms with Crippen molar-refractivity contribution < 1.29 is 14.7 Å². The van der Waals surface area contributed by atoms with Gasteiger partial charge in [0.05, 0.1) is 5.37 Å². The van der Waals surface area contributed by atoms with Crippen molar-refractivity contribution in [3.63, 3.8) is 0 Å². The van der Waals surface area contributed by atoms with Gasteiger partial charge >= 0.3 is 12.0 Å². The van der Waals surface area contributed by atoms with E-state index in [1.165, 1.54) is 16.7 Å². The number of benzene rings is 1. The highest BCUT2D eigenvalue weighted by atomic mass is 32.2. The zero-order valence-electron chi connectivity index (χ0n) is 12.2. The number of hydrogen-bond acceptors (Lipinski definition) is 3. The number of carboxylic acid groups (broad SMARTS) is 1. The second-order valence-corrected chi connectivity index (χ2v) is 6.29. The number of carbonyl (C=O) groups excluding carboxylic acids is 1. The first kappa shape index (κ1) is 15.7. The van der Waals surface area contributed by atoms with Crippen molar-refractivity contribution in [3.8, 4) is 0 Å². The summed E-state index contributed by atoms with van der Waals surface area (Å²) in [5, 5.41) is 12.1. The van der Waals surface area contributed by atoms with Crippen LogP contribution in [-0.4, -0.2) is 39.2 Å². The Hall–Kier alpha value is -1.69. The first-order valence-corrected chi connectivity index (χ1v) is 8.08. The average Bonchev–Trinajstić information content (AvgIpc) is 2.86. The lowest BCUT2D eigenvalue weighted by atomic mass is 10.2. The smallest absolute Gasteiger partial charge is 0.327 e. The van der Waals surface area contributed by atoms with Gasteiger partial charge in [0.2, 0.25) is 0 Å². The summed E-state index contributed by atoms with van der Waals surface area (Å²) in [6, 6.07) is 6.39. The fraction of sp³-hybridized carbons (Fsp3) is 0.467. The molecule has 0 spiro atoms. The third-order valence-electron chi connectivity index (χ3n) is 3.53. The lowest BCUT2D eigenvalue weighted by Crippen LogP contribution is -2.47. The van der Waals surface area contributed by atoms with Gasteiger partial charge in [-0.3, -0.25) is 4.90 Å². The van der Waals surface area contributed by atoms with Gasteiger partial charge in [-0.15, -0.1) is 11.8 Å². The molecule has 0 aromatic heterocycles. The number of urea groups is 1. The minimum atomic E-state index is -0.943. The molecule has 2 N–H and O–H groups in total. The number of amides is 2. The molecule has 1 heterocycles. The molecule has 5 nitrogen and oxygen atoms in total. The Balaban J connectivity index is 2.17. The molecular weight excluding hydrogens is 288 g/mol. The number of carboxylic acids is 1. The number of nitrogens with one attached hydrogen (secondary N) is 1. The summed E-state index contributed by atoms with van der Waals surface area (Å²) in [7, 11) is 0. The number of rotatable bonds is 4. The van der Waals surface area contributed by atoms with E-state index in [4.69, 9.17) is 0 Å². The molecule has 2 amide bonds. The van der Waals surface area contributed by atoms with Gasteiger partial charge in [-0.05, 0) is 25.0 Å². The van der Waals surface area contributed by atoms with Crippen LogP contribution < -0.4 is 5.32 Å². The Morgan fingerprint density at radius 1 is 1.43 bits per heavy atom. The highest BCUT2D eigenvalue weighted by Crippen LogP contribution is 2.33. The number of para-hydroxylation sites is 1. The van der Waals surface area contributed by atoms with Gasteiger partial charge in [0.15, 0.2) is 0 Å². The molecule has 1 aromatic rings. The molecule has 1 aliphatic heterocycles. The van der Waals surface area contributed by atoms with E-state index in [9.17, 15) is 14.7 Å². The largest absolute Gasteiger partial charge is 0.480 e. The van der Waals surface area contributed by atoms with Gasteiger partial charge in [0.1, 0.15) is 6.04 Å². The standard InChI is InChI=1S/C15H20N2O3S/c1-3-6-13-17(12(9-21-13)14(18)19)15(20)16-11-8-5-4-7-10(11)2/h4-5,7-8,12-13H,3,6,9H2,1-2H3,(H,16,20)(H,18,19). The summed E-state index contributed by atoms with van der Waals surface area (Å²) in [4.78, 5) is 25.3. The SMILES string of the molecule is CCCC1SCC(C(=O)O)N1C(=O)Nc1ccccc1C. The molecule has 1 fully saturated rings. The van der Waals surface area contributed by atoms with Crippen LogP contribution in [0.5, 0.6) is 0 Å². The quantitative estimate of drug-likeness (QED) is 0.896. The highest BCUT2D eigenvalue weighted by Gasteiger charge is 2.41. The van der Waals surface area contributed by atoms with Crippen LogP contribution in [0.4, 0.5) is 10.5 Å². The molecule has 0 saturated carbocycles. The second-order valence-electron chi connectivity index (χ2n) is 5.08. The topological polar surface area (TPSA) is 69.6 Å². The molecule has 0 radical (unpaired) electrons. The summed E-state index contributed by atoms with van der Waals surface area (Å²) in [6.45, 7) is 3.94. The third kappa shape index (κ3) is 3.50. The zero-order valence-corrected chi connectivity index (χ0v) is 13.0. The molecule has 1 aliphatic rings. The van der Waals surface area contributed by atoms with Crippen molar-refractivity contribution in [2.24, 2.45) is 0 Å². The maximum atomic E-state index is 12.5. The fourth-order valence-electron chi connectivity index (χ4n) is 2.39. The molecule has 1 aromatic carbocycles. The number of anilines is 1. The molecule has 114 valence electrons. The fourth-order valence-corrected chi connectivity index (χ4v) is 3.90. The Morgan fingerprint density at radius 2 is 2.14 bits per heavy atom. The molecule has 2 unspecified atom stereocenters. The van der Waals surface area contributed by atoms with Gasteiger partial charge in [-0.25, -0.2) is 9.59 Å². The van der Waals surface area contributed by atoms with E-state index in [2.05, 4.69) is 5.32 Å². The third-order valence-corrected chi connectivity index (χ3v) is 4.89. The maximum absolute atomic E-state index is 12.5. The number of carbonyl (C=O) groups is 2. The number of nitrogens with zero attached hydrogens (tertiary/aromatic N) is 1. The number of hydrogen-bond donors (Lipinski definition) is 2. The van der Waals surface area contributed by atoms with Crippen molar-refractivity contribution in [1.29, 1.82) is 0 Å². The van der Waals surface area contributed by atoms with E-state index in [1.807, 2.05) is 38.1 Å². The number of aryl methyl sites for hydroxylation is 1. The van der Waals surface area contributed by atoms with Crippen LogP contribution in [0.15, 0.2) is 24.3 Å². The summed E-state index contributed by atoms with van der Waals surface area (Å²) >= 11 is 1.54. The van der Waals surface area contributed by atoms with Gasteiger partial charge < -0.3 is 10.4 Å². The normalized spacial score (nSPS) is 21.3. The molecule has 2 rings (SSSR count). The summed E-state index contributed by atoms with van der Waals surface area (Å²) in [5.41, 5.74) is 1.68. The van der Waals surface area contributed by atoms with Gasteiger partial charge in [0, 0.05) is 11.4 Å². The molecule has 0 bridgehead atoms. The Labute approximate surface area is 128 Å². The summed E-state index contributed by atoms with van der Waals surface area (Å²) in [6.07, 6.45) is 1.72. The lowest BCUT2D eigenvalue weighted by Gasteiger charge is -2.27. The highest BCUT2D eigenvalue weighted by molar-refractivity contribution is 8.00. The van der Waals surface area contributed by atoms with E-state index < -0.39 is 12.0 Å². The minimum Gasteiger partial charge on any atom is -0.480 e. The lowest BCUT2D eigenvalue weighted by molar-refractivity contribution is -0.141. The second kappa shape index (κ2) is 6.85. The van der Waals surface area contributed by atoms with Crippen LogP contribution in [0.1, 0.15) is 25.3 Å². The maximum Gasteiger partial charge on any atom is 0.327 e. The molecule has 21 heavy (non-hydrogen) atoms. The van der Waals surface area contributed by atoms with E-state index in [-0.39, 0.29) is 11.4 Å². The Bertz CT molecular complexity index is 535. The van der Waals surface area contributed by atoms with E-state index in [1.54, 1.807) is 0 Å². The summed E-state index contributed by atoms with van der Waals surface area (Å²) in [5.74, 6) is -0.498. The van der Waals surface area contributed by atoms with Crippen LogP contribution in [0, 0.1) is 6.92 Å². The van der Waals surface area contributed by atoms with Crippen LogP contribution >= 0.6 is 11.8 Å². The van der Waals surface area contributed by atoms with Crippen LogP contribution in [0.2, 0.25) is 0 Å². The predicted octanol–water partition coefficient (Wildman–Crippen LogP) is 3.16. The van der Waals surface area contributed by atoms with E-state index in [0.29, 0.717) is 5.75 Å². The van der Waals surface area contributed by atoms with Gasteiger partial charge in [-0.2, -0.15) is 0 Å². The predicted molar refractivity (Wildman–Crippen MR) is 84.6 cm³/mol. The summed E-state index contributed by atoms with van der Waals surface area (Å²) < 4.78 is 0. The minimum absolute atomic E-state index is 0.0693. The van der Waals surface area contributed by atoms with Crippen molar-refractivity contribution in [2.45, 2.75) is 38.1 Å². The van der Waals surface area contributed by atoms with Crippen LogP contribution in [0.25, 0.3) is 0 Å². The van der Waals surface area contributed by atoms with Crippen molar-refractivity contribution in [1.82, 2.24) is 4.90 Å². The van der Waals surface area contributed by atoms with Crippen molar-refractivity contribution in [3.05, 3.63) is 29.8 Å². The van der Waals surface area contributed by atoms with E-state index in [0.717, 1.165) is 24.1 Å². The Kier molecular flexibility index (Phi) is 5.12. The van der Waals surface area contributed by atoms with Crippen molar-refractivity contribution in [2.75, 3.05) is 11.1 Å². The Morgan fingerprint density at radius 3 is 2.76 bits per heavy atom. The average molecular weight is 308 g/mol. The molecule has 6 heteroatoms. The van der Waals surface area contributed by atoms with Crippen LogP contribution in [0.3, 0.4) is 0 Å². The van der Waals surface area contributed by atoms with Gasteiger partial charge in [0.25, 0.3) is 0 Å². The number of aliphatic carboxylic acids is 1. The van der Waals surface area contributed by atoms with Gasteiger partial charge in [-0.1, -0.05) is 31.5 Å². The monoisotopic (exact) mass is 308 g/mol. The molecule has 0 aliphatic carbocycles. The number of thioether (sulfide) groups is 1. The first-order valence-electron chi connectivity index (χ1n) is 7.04. The molecule has 1 saturated heterocycles. The van der Waals surface area contributed by atoms with E-state index >= 15 is 0 Å². The first-order chi connectivity index (χ1) is 10.0. The zero-order chi connectivity index (χ0) is 15.4.